The molecule has 2 aromatic rings. The number of aromatic amines is 1. The quantitative estimate of drug-likeness (QED) is 0.724. The lowest BCUT2D eigenvalue weighted by molar-refractivity contribution is 0.111. The molecular weight excluding hydrogens is 181 g/mol. The SMILES string of the molecule is O=Cc1ccc(-c2ccccc2F)[nH]1. The molecule has 70 valence electrons. The molecule has 0 atom stereocenters. The van der Waals surface area contributed by atoms with Crippen LogP contribution in [0.25, 0.3) is 11.3 Å². The van der Waals surface area contributed by atoms with Gasteiger partial charge in [0.15, 0.2) is 6.29 Å². The molecule has 0 unspecified atom stereocenters. The van der Waals surface area contributed by atoms with Crippen molar-refractivity contribution in [3.8, 4) is 11.3 Å². The molecule has 14 heavy (non-hydrogen) atoms. The minimum atomic E-state index is -0.299. The highest BCUT2D eigenvalue weighted by Gasteiger charge is 2.05. The topological polar surface area (TPSA) is 32.9 Å². The zero-order valence-electron chi connectivity index (χ0n) is 7.33. The Labute approximate surface area is 80.4 Å². The summed E-state index contributed by atoms with van der Waals surface area (Å²) in [5.41, 5.74) is 1.54. The van der Waals surface area contributed by atoms with Gasteiger partial charge < -0.3 is 4.98 Å². The van der Waals surface area contributed by atoms with Gasteiger partial charge in [-0.2, -0.15) is 0 Å². The fourth-order valence-electron chi connectivity index (χ4n) is 1.32. The molecule has 0 fully saturated rings. The third-order valence-electron chi connectivity index (χ3n) is 2.00. The molecule has 0 saturated carbocycles. The van der Waals surface area contributed by atoms with Crippen molar-refractivity contribution in [2.45, 2.75) is 0 Å². The van der Waals surface area contributed by atoms with E-state index in [0.717, 1.165) is 0 Å². The van der Waals surface area contributed by atoms with Crippen LogP contribution in [0, 0.1) is 5.82 Å². The van der Waals surface area contributed by atoms with Crippen molar-refractivity contribution in [2.75, 3.05) is 0 Å². The van der Waals surface area contributed by atoms with Gasteiger partial charge in [-0.1, -0.05) is 12.1 Å². The molecule has 2 nitrogen and oxygen atoms in total. The predicted octanol–water partition coefficient (Wildman–Crippen LogP) is 2.63. The molecule has 0 spiro atoms. The van der Waals surface area contributed by atoms with Crippen LogP contribution < -0.4 is 0 Å². The maximum atomic E-state index is 13.3. The molecule has 1 aromatic carbocycles. The number of H-pyrrole nitrogens is 1. The summed E-state index contributed by atoms with van der Waals surface area (Å²) in [4.78, 5) is 13.2. The van der Waals surface area contributed by atoms with E-state index in [1.165, 1.54) is 6.07 Å². The number of hydrogen-bond donors (Lipinski definition) is 1. The second kappa shape index (κ2) is 3.46. The molecule has 0 amide bonds. The smallest absolute Gasteiger partial charge is 0.166 e. The molecule has 1 aromatic heterocycles. The summed E-state index contributed by atoms with van der Waals surface area (Å²) in [6.07, 6.45) is 0.699. The van der Waals surface area contributed by atoms with Crippen LogP contribution in [0.5, 0.6) is 0 Å². The number of halogens is 1. The Morgan fingerprint density at radius 2 is 1.93 bits per heavy atom. The number of hydrogen-bond acceptors (Lipinski definition) is 1. The molecule has 0 saturated heterocycles. The summed E-state index contributed by atoms with van der Waals surface area (Å²) in [5, 5.41) is 0. The number of rotatable bonds is 2. The molecule has 0 aliphatic rings. The van der Waals surface area contributed by atoms with Gasteiger partial charge in [0, 0.05) is 11.3 Å². The van der Waals surface area contributed by atoms with Crippen LogP contribution in [-0.4, -0.2) is 11.3 Å². The number of carbonyl (C=O) groups is 1. The summed E-state index contributed by atoms with van der Waals surface area (Å²) in [7, 11) is 0. The van der Waals surface area contributed by atoms with Gasteiger partial charge >= 0.3 is 0 Å². The lowest BCUT2D eigenvalue weighted by Gasteiger charge is -1.98. The Kier molecular flexibility index (Phi) is 2.14. The summed E-state index contributed by atoms with van der Waals surface area (Å²) in [6.45, 7) is 0. The Hall–Kier alpha value is -1.90. The molecule has 0 bridgehead atoms. The lowest BCUT2D eigenvalue weighted by Crippen LogP contribution is -1.84. The molecule has 0 aliphatic carbocycles. The highest BCUT2D eigenvalue weighted by molar-refractivity contribution is 5.75. The van der Waals surface area contributed by atoms with Gasteiger partial charge in [-0.3, -0.25) is 4.79 Å². The third-order valence-corrected chi connectivity index (χ3v) is 2.00. The van der Waals surface area contributed by atoms with E-state index in [0.29, 0.717) is 23.2 Å². The summed E-state index contributed by atoms with van der Waals surface area (Å²) < 4.78 is 13.3. The van der Waals surface area contributed by atoms with Crippen molar-refractivity contribution in [1.29, 1.82) is 0 Å². The van der Waals surface area contributed by atoms with E-state index in [1.54, 1.807) is 30.3 Å². The first-order valence-electron chi connectivity index (χ1n) is 4.20. The summed E-state index contributed by atoms with van der Waals surface area (Å²) >= 11 is 0. The minimum Gasteiger partial charge on any atom is -0.352 e. The molecular formula is C11H8FNO. The zero-order chi connectivity index (χ0) is 9.97. The standard InChI is InChI=1S/C11H8FNO/c12-10-4-2-1-3-9(10)11-6-5-8(7-14)13-11/h1-7,13H. The van der Waals surface area contributed by atoms with Gasteiger partial charge in [0.05, 0.1) is 5.69 Å². The van der Waals surface area contributed by atoms with Crippen molar-refractivity contribution in [1.82, 2.24) is 4.98 Å². The lowest BCUT2D eigenvalue weighted by atomic mass is 10.1. The molecule has 3 heteroatoms. The number of aldehydes is 1. The van der Waals surface area contributed by atoms with E-state index < -0.39 is 0 Å². The molecule has 0 radical (unpaired) electrons. The Morgan fingerprint density at radius 3 is 2.57 bits per heavy atom. The number of aromatic nitrogens is 1. The average Bonchev–Trinajstić information content (AvgIpc) is 2.67. The van der Waals surface area contributed by atoms with Crippen LogP contribution in [0.3, 0.4) is 0 Å². The second-order valence-corrected chi connectivity index (χ2v) is 2.93. The van der Waals surface area contributed by atoms with Crippen molar-refractivity contribution in [3.63, 3.8) is 0 Å². The monoisotopic (exact) mass is 189 g/mol. The van der Waals surface area contributed by atoms with E-state index in [2.05, 4.69) is 4.98 Å². The highest BCUT2D eigenvalue weighted by atomic mass is 19.1. The Bertz CT molecular complexity index is 462. The number of nitrogens with one attached hydrogen (secondary N) is 1. The van der Waals surface area contributed by atoms with Crippen LogP contribution >= 0.6 is 0 Å². The summed E-state index contributed by atoms with van der Waals surface area (Å²) in [6, 6.07) is 9.73. The Morgan fingerprint density at radius 1 is 1.14 bits per heavy atom. The van der Waals surface area contributed by atoms with E-state index in [9.17, 15) is 9.18 Å². The predicted molar refractivity (Wildman–Crippen MR) is 51.6 cm³/mol. The second-order valence-electron chi connectivity index (χ2n) is 2.93. The normalized spacial score (nSPS) is 10.1. The van der Waals surface area contributed by atoms with Gasteiger partial charge in [-0.25, -0.2) is 4.39 Å². The van der Waals surface area contributed by atoms with Gasteiger partial charge in [0.2, 0.25) is 0 Å². The van der Waals surface area contributed by atoms with Gasteiger partial charge in [-0.05, 0) is 24.3 Å². The first-order valence-corrected chi connectivity index (χ1v) is 4.20. The van der Waals surface area contributed by atoms with E-state index >= 15 is 0 Å². The van der Waals surface area contributed by atoms with Crippen molar-refractivity contribution in [2.24, 2.45) is 0 Å². The first-order chi connectivity index (χ1) is 6.81. The highest BCUT2D eigenvalue weighted by Crippen LogP contribution is 2.20. The Balaban J connectivity index is 2.49. The summed E-state index contributed by atoms with van der Waals surface area (Å²) in [5.74, 6) is -0.299. The van der Waals surface area contributed by atoms with Crippen LogP contribution in [0.15, 0.2) is 36.4 Å². The third kappa shape index (κ3) is 1.44. The van der Waals surface area contributed by atoms with Crippen LogP contribution in [0.4, 0.5) is 4.39 Å². The van der Waals surface area contributed by atoms with Gasteiger partial charge in [-0.15, -0.1) is 0 Å². The van der Waals surface area contributed by atoms with Crippen molar-refractivity contribution >= 4 is 6.29 Å². The fraction of sp³-hybridized carbons (Fsp3) is 0. The molecule has 1 heterocycles. The number of carbonyl (C=O) groups excluding carboxylic acids is 1. The van der Waals surface area contributed by atoms with E-state index in [4.69, 9.17) is 0 Å². The fourth-order valence-corrected chi connectivity index (χ4v) is 1.32. The first kappa shape index (κ1) is 8.69. The molecule has 0 aliphatic heterocycles. The van der Waals surface area contributed by atoms with Crippen molar-refractivity contribution < 1.29 is 9.18 Å². The van der Waals surface area contributed by atoms with Crippen molar-refractivity contribution in [3.05, 3.63) is 47.9 Å². The van der Waals surface area contributed by atoms with Crippen LogP contribution in [0.1, 0.15) is 10.5 Å². The van der Waals surface area contributed by atoms with E-state index in [1.807, 2.05) is 0 Å². The number of benzene rings is 1. The molecule has 2 rings (SSSR count). The van der Waals surface area contributed by atoms with E-state index in [-0.39, 0.29) is 5.82 Å². The average molecular weight is 189 g/mol. The zero-order valence-corrected chi connectivity index (χ0v) is 7.33. The molecule has 1 N–H and O–H groups in total. The van der Waals surface area contributed by atoms with Crippen LogP contribution in [-0.2, 0) is 0 Å². The largest absolute Gasteiger partial charge is 0.352 e. The maximum absolute atomic E-state index is 13.3. The van der Waals surface area contributed by atoms with Gasteiger partial charge in [0.1, 0.15) is 5.82 Å². The van der Waals surface area contributed by atoms with Gasteiger partial charge in [0.25, 0.3) is 0 Å². The maximum Gasteiger partial charge on any atom is 0.166 e. The van der Waals surface area contributed by atoms with Crippen LogP contribution in [0.2, 0.25) is 0 Å². The minimum absolute atomic E-state index is 0.299.